The van der Waals surface area contributed by atoms with Crippen LogP contribution in [0.1, 0.15) is 18.5 Å². The molecule has 1 heterocycles. The van der Waals surface area contributed by atoms with Crippen LogP contribution in [-0.4, -0.2) is 11.5 Å². The lowest BCUT2D eigenvalue weighted by atomic mass is 9.97. The average molecular weight is 186 g/mol. The first-order chi connectivity index (χ1) is 5.77. The number of rotatable bonds is 3. The van der Waals surface area contributed by atoms with Crippen molar-refractivity contribution in [2.24, 2.45) is 11.7 Å². The lowest BCUT2D eigenvalue weighted by molar-refractivity contribution is 0.138. The number of alkyl halides is 1. The van der Waals surface area contributed by atoms with Crippen LogP contribution in [-0.2, 0) is 5.67 Å². The van der Waals surface area contributed by atoms with Crippen LogP contribution in [0.3, 0.4) is 0 Å². The summed E-state index contributed by atoms with van der Waals surface area (Å²) in [6.45, 7) is 0.0569. The predicted octanol–water partition coefficient (Wildman–Crippen LogP) is 1.68. The molecule has 0 bridgehead atoms. The fraction of sp³-hybridized carbons (Fsp3) is 0.625. The lowest BCUT2D eigenvalue weighted by Gasteiger charge is -2.20. The van der Waals surface area contributed by atoms with Gasteiger partial charge in [-0.15, -0.1) is 11.3 Å². The van der Waals surface area contributed by atoms with E-state index in [1.54, 1.807) is 10.9 Å². The maximum absolute atomic E-state index is 14.1. The SMILES string of the molecule is NCC(F)(c1cscn1)C1CC1. The molecule has 1 fully saturated rings. The second kappa shape index (κ2) is 2.78. The fourth-order valence-corrected chi connectivity index (χ4v) is 2.06. The van der Waals surface area contributed by atoms with E-state index in [1.165, 1.54) is 11.3 Å². The molecule has 2 N–H and O–H groups in total. The quantitative estimate of drug-likeness (QED) is 0.780. The number of hydrogen-bond donors (Lipinski definition) is 1. The number of nitrogens with zero attached hydrogens (tertiary/aromatic N) is 1. The average Bonchev–Trinajstić information content (AvgIpc) is 2.80. The molecule has 1 saturated carbocycles. The van der Waals surface area contributed by atoms with Crippen molar-refractivity contribution in [3.8, 4) is 0 Å². The zero-order chi connectivity index (χ0) is 8.60. The Morgan fingerprint density at radius 2 is 2.50 bits per heavy atom. The molecule has 2 rings (SSSR count). The molecule has 1 aromatic rings. The van der Waals surface area contributed by atoms with Crippen LogP contribution in [0.4, 0.5) is 4.39 Å². The molecular weight excluding hydrogens is 175 g/mol. The second-order valence-electron chi connectivity index (χ2n) is 3.21. The highest BCUT2D eigenvalue weighted by atomic mass is 32.1. The van der Waals surface area contributed by atoms with Gasteiger partial charge in [0.1, 0.15) is 0 Å². The number of nitrogens with two attached hydrogens (primary N) is 1. The van der Waals surface area contributed by atoms with Crippen molar-refractivity contribution in [3.63, 3.8) is 0 Å². The highest BCUT2D eigenvalue weighted by Crippen LogP contribution is 2.47. The van der Waals surface area contributed by atoms with Gasteiger partial charge in [0.05, 0.1) is 11.2 Å². The Kier molecular flexibility index (Phi) is 1.88. The smallest absolute Gasteiger partial charge is 0.168 e. The van der Waals surface area contributed by atoms with Crippen molar-refractivity contribution >= 4 is 11.3 Å². The van der Waals surface area contributed by atoms with E-state index < -0.39 is 5.67 Å². The Labute approximate surface area is 74.6 Å². The van der Waals surface area contributed by atoms with E-state index in [0.29, 0.717) is 5.69 Å². The normalized spacial score (nSPS) is 22.2. The number of aromatic nitrogens is 1. The summed E-state index contributed by atoms with van der Waals surface area (Å²) in [6, 6.07) is 0. The molecule has 0 aromatic carbocycles. The first kappa shape index (κ1) is 8.13. The molecule has 0 radical (unpaired) electrons. The van der Waals surface area contributed by atoms with Gasteiger partial charge in [0.25, 0.3) is 0 Å². The Balaban J connectivity index is 2.27. The van der Waals surface area contributed by atoms with Gasteiger partial charge in [-0.2, -0.15) is 0 Å². The largest absolute Gasteiger partial charge is 0.327 e. The minimum Gasteiger partial charge on any atom is -0.327 e. The standard InChI is InChI=1S/C8H11FN2S/c9-8(4-10,6-1-2-6)7-3-12-5-11-7/h3,5-6H,1-2,4,10H2. The summed E-state index contributed by atoms with van der Waals surface area (Å²) in [5, 5.41) is 1.76. The summed E-state index contributed by atoms with van der Waals surface area (Å²) in [7, 11) is 0. The van der Waals surface area contributed by atoms with Crippen LogP contribution in [0.25, 0.3) is 0 Å². The Morgan fingerprint density at radius 1 is 1.75 bits per heavy atom. The molecule has 0 aliphatic heterocycles. The summed E-state index contributed by atoms with van der Waals surface area (Å²) in [4.78, 5) is 3.98. The van der Waals surface area contributed by atoms with Crippen molar-refractivity contribution < 1.29 is 4.39 Å². The molecule has 1 aliphatic rings. The van der Waals surface area contributed by atoms with Gasteiger partial charge in [-0.1, -0.05) is 0 Å². The van der Waals surface area contributed by atoms with Gasteiger partial charge in [-0.25, -0.2) is 9.37 Å². The highest BCUT2D eigenvalue weighted by Gasteiger charge is 2.47. The monoisotopic (exact) mass is 186 g/mol. The van der Waals surface area contributed by atoms with E-state index in [9.17, 15) is 4.39 Å². The molecule has 4 heteroatoms. The number of hydrogen-bond acceptors (Lipinski definition) is 3. The summed E-state index contributed by atoms with van der Waals surface area (Å²) >= 11 is 1.42. The Hall–Kier alpha value is -0.480. The molecule has 2 nitrogen and oxygen atoms in total. The van der Waals surface area contributed by atoms with E-state index in [1.807, 2.05) is 0 Å². The second-order valence-corrected chi connectivity index (χ2v) is 3.93. The lowest BCUT2D eigenvalue weighted by Crippen LogP contribution is -2.32. The Morgan fingerprint density at radius 3 is 2.92 bits per heavy atom. The number of thiazole rings is 1. The molecule has 12 heavy (non-hydrogen) atoms. The van der Waals surface area contributed by atoms with E-state index in [0.717, 1.165) is 12.8 Å². The minimum absolute atomic E-state index is 0.0569. The molecule has 1 aliphatic carbocycles. The molecule has 1 atom stereocenters. The van der Waals surface area contributed by atoms with Gasteiger partial charge in [-0.05, 0) is 12.8 Å². The van der Waals surface area contributed by atoms with Gasteiger partial charge in [-0.3, -0.25) is 0 Å². The predicted molar refractivity (Wildman–Crippen MR) is 46.7 cm³/mol. The molecule has 1 aromatic heterocycles. The van der Waals surface area contributed by atoms with Crippen LogP contribution in [0, 0.1) is 5.92 Å². The number of halogens is 1. The van der Waals surface area contributed by atoms with E-state index in [2.05, 4.69) is 4.98 Å². The van der Waals surface area contributed by atoms with Crippen LogP contribution in [0.5, 0.6) is 0 Å². The zero-order valence-corrected chi connectivity index (χ0v) is 7.48. The van der Waals surface area contributed by atoms with Gasteiger partial charge in [0.2, 0.25) is 0 Å². The van der Waals surface area contributed by atoms with Crippen LogP contribution in [0.2, 0.25) is 0 Å². The maximum Gasteiger partial charge on any atom is 0.168 e. The van der Waals surface area contributed by atoms with Crippen LogP contribution >= 0.6 is 11.3 Å². The van der Waals surface area contributed by atoms with Crippen molar-refractivity contribution in [2.45, 2.75) is 18.5 Å². The summed E-state index contributed by atoms with van der Waals surface area (Å²) in [5.74, 6) is 0.115. The van der Waals surface area contributed by atoms with Crippen molar-refractivity contribution in [3.05, 3.63) is 16.6 Å². The zero-order valence-electron chi connectivity index (χ0n) is 6.66. The van der Waals surface area contributed by atoms with Crippen molar-refractivity contribution in [1.82, 2.24) is 4.98 Å². The van der Waals surface area contributed by atoms with Crippen molar-refractivity contribution in [2.75, 3.05) is 6.54 Å². The van der Waals surface area contributed by atoms with E-state index in [-0.39, 0.29) is 12.5 Å². The molecule has 0 spiro atoms. The third-order valence-corrected chi connectivity index (χ3v) is 2.97. The Bertz CT molecular complexity index is 258. The molecule has 1 unspecified atom stereocenters. The van der Waals surface area contributed by atoms with Crippen molar-refractivity contribution in [1.29, 1.82) is 0 Å². The minimum atomic E-state index is -1.35. The highest BCUT2D eigenvalue weighted by molar-refractivity contribution is 7.07. The molecule has 0 saturated heterocycles. The molecular formula is C8H11FN2S. The molecule has 0 amide bonds. The third kappa shape index (κ3) is 1.15. The van der Waals surface area contributed by atoms with Gasteiger partial charge < -0.3 is 5.73 Å². The van der Waals surface area contributed by atoms with E-state index >= 15 is 0 Å². The topological polar surface area (TPSA) is 38.9 Å². The van der Waals surface area contributed by atoms with Gasteiger partial charge >= 0.3 is 0 Å². The first-order valence-electron chi connectivity index (χ1n) is 4.05. The summed E-state index contributed by atoms with van der Waals surface area (Å²) in [5.41, 5.74) is 6.26. The van der Waals surface area contributed by atoms with E-state index in [4.69, 9.17) is 5.73 Å². The molecule has 66 valence electrons. The third-order valence-electron chi connectivity index (χ3n) is 2.38. The van der Waals surface area contributed by atoms with Crippen LogP contribution < -0.4 is 5.73 Å². The first-order valence-corrected chi connectivity index (χ1v) is 4.99. The van der Waals surface area contributed by atoms with Crippen LogP contribution in [0.15, 0.2) is 10.9 Å². The fourth-order valence-electron chi connectivity index (χ4n) is 1.44. The maximum atomic E-state index is 14.1. The van der Waals surface area contributed by atoms with Gasteiger partial charge in [0.15, 0.2) is 5.67 Å². The summed E-state index contributed by atoms with van der Waals surface area (Å²) in [6.07, 6.45) is 1.90. The van der Waals surface area contributed by atoms with Gasteiger partial charge in [0, 0.05) is 17.8 Å². The summed E-state index contributed by atoms with van der Waals surface area (Å²) < 4.78 is 14.1.